The summed E-state index contributed by atoms with van der Waals surface area (Å²) in [5.41, 5.74) is 0. The molecule has 3 rings (SSSR count). The summed E-state index contributed by atoms with van der Waals surface area (Å²) in [6, 6.07) is 4.59. The van der Waals surface area contributed by atoms with Gasteiger partial charge in [-0.15, -0.1) is 11.3 Å². The number of likely N-dealkylation sites (tertiary alicyclic amines) is 1. The average Bonchev–Trinajstić information content (AvgIpc) is 3.11. The van der Waals surface area contributed by atoms with Crippen LogP contribution in [0.15, 0.2) is 17.5 Å². The zero-order valence-electron chi connectivity index (χ0n) is 10.6. The van der Waals surface area contributed by atoms with Crippen molar-refractivity contribution >= 4 is 17.2 Å². The first kappa shape index (κ1) is 12.2. The SMILES string of the molecule is O=C(c1cccs1)N1CCC(C2CCCN2)CC1. The lowest BCUT2D eigenvalue weighted by molar-refractivity contribution is 0.0679. The highest BCUT2D eigenvalue weighted by Gasteiger charge is 2.30. The second kappa shape index (κ2) is 5.41. The first-order valence-corrected chi connectivity index (χ1v) is 7.79. The Morgan fingerprint density at radius 2 is 2.17 bits per heavy atom. The number of amides is 1. The van der Waals surface area contributed by atoms with Crippen molar-refractivity contribution < 1.29 is 4.79 Å². The Morgan fingerprint density at radius 3 is 2.78 bits per heavy atom. The van der Waals surface area contributed by atoms with E-state index in [-0.39, 0.29) is 5.91 Å². The summed E-state index contributed by atoms with van der Waals surface area (Å²) in [5, 5.41) is 5.57. The predicted octanol–water partition coefficient (Wildman–Crippen LogP) is 2.35. The quantitative estimate of drug-likeness (QED) is 0.889. The van der Waals surface area contributed by atoms with Gasteiger partial charge in [0.05, 0.1) is 4.88 Å². The summed E-state index contributed by atoms with van der Waals surface area (Å²) in [4.78, 5) is 15.1. The molecule has 0 aliphatic carbocycles. The van der Waals surface area contributed by atoms with Crippen LogP contribution in [0.5, 0.6) is 0 Å². The Bertz CT molecular complexity index is 390. The Balaban J connectivity index is 1.55. The van der Waals surface area contributed by atoms with Crippen molar-refractivity contribution in [2.24, 2.45) is 5.92 Å². The minimum atomic E-state index is 0.225. The molecular formula is C14H20N2OS. The van der Waals surface area contributed by atoms with Gasteiger partial charge in [-0.1, -0.05) is 6.07 Å². The van der Waals surface area contributed by atoms with Crippen LogP contribution in [-0.4, -0.2) is 36.5 Å². The van der Waals surface area contributed by atoms with Crippen molar-refractivity contribution in [1.29, 1.82) is 0 Å². The molecule has 0 aromatic carbocycles. The number of hydrogen-bond acceptors (Lipinski definition) is 3. The number of thiophene rings is 1. The number of carbonyl (C=O) groups is 1. The number of nitrogens with zero attached hydrogens (tertiary/aromatic N) is 1. The van der Waals surface area contributed by atoms with Crippen LogP contribution in [0.1, 0.15) is 35.4 Å². The molecule has 1 unspecified atom stereocenters. The number of rotatable bonds is 2. The summed E-state index contributed by atoms with van der Waals surface area (Å²) in [6.07, 6.45) is 4.96. The molecule has 0 bridgehead atoms. The van der Waals surface area contributed by atoms with E-state index in [0.717, 1.165) is 36.7 Å². The topological polar surface area (TPSA) is 32.3 Å². The third-order valence-corrected chi connectivity index (χ3v) is 5.08. The third-order valence-electron chi connectivity index (χ3n) is 4.23. The summed E-state index contributed by atoms with van der Waals surface area (Å²) in [5.74, 6) is 1.00. The van der Waals surface area contributed by atoms with Gasteiger partial charge in [0, 0.05) is 19.1 Å². The van der Waals surface area contributed by atoms with E-state index < -0.39 is 0 Å². The number of nitrogens with one attached hydrogen (secondary N) is 1. The lowest BCUT2D eigenvalue weighted by atomic mass is 9.88. The van der Waals surface area contributed by atoms with Crippen molar-refractivity contribution in [3.63, 3.8) is 0 Å². The van der Waals surface area contributed by atoms with Gasteiger partial charge in [-0.2, -0.15) is 0 Å². The van der Waals surface area contributed by atoms with Gasteiger partial charge < -0.3 is 10.2 Å². The summed E-state index contributed by atoms with van der Waals surface area (Å²) < 4.78 is 0. The molecule has 98 valence electrons. The number of hydrogen-bond donors (Lipinski definition) is 1. The molecule has 2 saturated heterocycles. The zero-order chi connectivity index (χ0) is 12.4. The summed E-state index contributed by atoms with van der Waals surface area (Å²) >= 11 is 1.55. The van der Waals surface area contributed by atoms with E-state index in [0.29, 0.717) is 6.04 Å². The second-order valence-corrected chi connectivity index (χ2v) is 6.26. The van der Waals surface area contributed by atoms with Crippen LogP contribution in [0, 0.1) is 5.92 Å². The average molecular weight is 264 g/mol. The van der Waals surface area contributed by atoms with E-state index in [1.807, 2.05) is 22.4 Å². The maximum Gasteiger partial charge on any atom is 0.263 e. The first-order valence-electron chi connectivity index (χ1n) is 6.91. The Labute approximate surface area is 112 Å². The molecule has 1 amide bonds. The van der Waals surface area contributed by atoms with Gasteiger partial charge in [-0.3, -0.25) is 4.79 Å². The van der Waals surface area contributed by atoms with Crippen molar-refractivity contribution in [1.82, 2.24) is 10.2 Å². The van der Waals surface area contributed by atoms with E-state index >= 15 is 0 Å². The smallest absolute Gasteiger partial charge is 0.263 e. The highest BCUT2D eigenvalue weighted by molar-refractivity contribution is 7.12. The molecule has 2 aliphatic heterocycles. The molecular weight excluding hydrogens is 244 g/mol. The van der Waals surface area contributed by atoms with Gasteiger partial charge >= 0.3 is 0 Å². The molecule has 0 spiro atoms. The van der Waals surface area contributed by atoms with E-state index in [4.69, 9.17) is 0 Å². The standard InChI is InChI=1S/C14H20N2OS/c17-14(13-4-2-10-18-13)16-8-5-11(6-9-16)12-3-1-7-15-12/h2,4,10-12,15H,1,3,5-9H2. The van der Waals surface area contributed by atoms with Gasteiger partial charge in [-0.05, 0) is 49.6 Å². The Kier molecular flexibility index (Phi) is 3.66. The van der Waals surface area contributed by atoms with Crippen molar-refractivity contribution in [3.05, 3.63) is 22.4 Å². The van der Waals surface area contributed by atoms with E-state index in [9.17, 15) is 4.79 Å². The highest BCUT2D eigenvalue weighted by atomic mass is 32.1. The molecule has 1 aromatic rings. The van der Waals surface area contributed by atoms with Gasteiger partial charge in [-0.25, -0.2) is 0 Å². The zero-order valence-corrected chi connectivity index (χ0v) is 11.4. The van der Waals surface area contributed by atoms with Crippen LogP contribution in [0.25, 0.3) is 0 Å². The van der Waals surface area contributed by atoms with E-state index in [1.54, 1.807) is 11.3 Å². The largest absolute Gasteiger partial charge is 0.338 e. The molecule has 1 atom stereocenters. The minimum Gasteiger partial charge on any atom is -0.338 e. The molecule has 2 aliphatic rings. The Morgan fingerprint density at radius 1 is 1.33 bits per heavy atom. The third kappa shape index (κ3) is 2.45. The Hall–Kier alpha value is -0.870. The van der Waals surface area contributed by atoms with Crippen molar-refractivity contribution in [2.45, 2.75) is 31.7 Å². The number of piperidine rings is 1. The fraction of sp³-hybridized carbons (Fsp3) is 0.643. The molecule has 0 radical (unpaired) electrons. The van der Waals surface area contributed by atoms with Crippen molar-refractivity contribution in [2.75, 3.05) is 19.6 Å². The van der Waals surface area contributed by atoms with E-state index in [2.05, 4.69) is 5.32 Å². The van der Waals surface area contributed by atoms with Crippen LogP contribution >= 0.6 is 11.3 Å². The lowest BCUT2D eigenvalue weighted by Gasteiger charge is -2.34. The van der Waals surface area contributed by atoms with Crippen LogP contribution in [0.2, 0.25) is 0 Å². The second-order valence-electron chi connectivity index (χ2n) is 5.31. The normalized spacial score (nSPS) is 25.6. The molecule has 2 fully saturated rings. The first-order chi connectivity index (χ1) is 8.84. The predicted molar refractivity (Wildman–Crippen MR) is 74.0 cm³/mol. The monoisotopic (exact) mass is 264 g/mol. The molecule has 18 heavy (non-hydrogen) atoms. The summed E-state index contributed by atoms with van der Waals surface area (Å²) in [7, 11) is 0. The van der Waals surface area contributed by atoms with Crippen LogP contribution in [0.3, 0.4) is 0 Å². The fourth-order valence-corrected chi connectivity index (χ4v) is 3.87. The maximum absolute atomic E-state index is 12.2. The minimum absolute atomic E-state index is 0.225. The molecule has 0 saturated carbocycles. The molecule has 3 heterocycles. The van der Waals surface area contributed by atoms with Crippen molar-refractivity contribution in [3.8, 4) is 0 Å². The van der Waals surface area contributed by atoms with Crippen LogP contribution in [0.4, 0.5) is 0 Å². The number of carbonyl (C=O) groups excluding carboxylic acids is 1. The molecule has 4 heteroatoms. The van der Waals surface area contributed by atoms with Crippen LogP contribution in [-0.2, 0) is 0 Å². The van der Waals surface area contributed by atoms with Gasteiger partial charge in [0.1, 0.15) is 0 Å². The lowest BCUT2D eigenvalue weighted by Crippen LogP contribution is -2.43. The summed E-state index contributed by atoms with van der Waals surface area (Å²) in [6.45, 7) is 3.04. The highest BCUT2D eigenvalue weighted by Crippen LogP contribution is 2.26. The van der Waals surface area contributed by atoms with Gasteiger partial charge in [0.2, 0.25) is 0 Å². The molecule has 1 N–H and O–H groups in total. The van der Waals surface area contributed by atoms with Gasteiger partial charge in [0.15, 0.2) is 0 Å². The molecule has 3 nitrogen and oxygen atoms in total. The fourth-order valence-electron chi connectivity index (χ4n) is 3.17. The molecule has 1 aromatic heterocycles. The maximum atomic E-state index is 12.2. The van der Waals surface area contributed by atoms with Gasteiger partial charge in [0.25, 0.3) is 5.91 Å². The van der Waals surface area contributed by atoms with E-state index in [1.165, 1.54) is 19.4 Å². The van der Waals surface area contributed by atoms with Crippen LogP contribution < -0.4 is 5.32 Å².